The molecule has 0 unspecified atom stereocenters. The van der Waals surface area contributed by atoms with E-state index in [1.54, 1.807) is 26.0 Å². The molecule has 1 saturated heterocycles. The summed E-state index contributed by atoms with van der Waals surface area (Å²) in [5, 5.41) is 9.81. The number of nitrogens with zero attached hydrogens (tertiary/aromatic N) is 2. The second kappa shape index (κ2) is 6.54. The van der Waals surface area contributed by atoms with Crippen LogP contribution in [0.3, 0.4) is 0 Å². The zero-order chi connectivity index (χ0) is 15.5. The Labute approximate surface area is 125 Å². The normalized spacial score (nSPS) is 17.0. The van der Waals surface area contributed by atoms with Gasteiger partial charge in [0.2, 0.25) is 5.91 Å². The maximum absolute atomic E-state index is 12.8. The van der Waals surface area contributed by atoms with Gasteiger partial charge in [-0.2, -0.15) is 0 Å². The van der Waals surface area contributed by atoms with E-state index in [-0.39, 0.29) is 11.7 Å². The number of aliphatic hydroxyl groups is 1. The zero-order valence-electron chi connectivity index (χ0n) is 12.7. The molecule has 1 fully saturated rings. The monoisotopic (exact) mass is 294 g/mol. The van der Waals surface area contributed by atoms with Gasteiger partial charge < -0.3 is 10.0 Å². The molecular formula is C16H23FN2O2. The number of piperazine rings is 1. The van der Waals surface area contributed by atoms with E-state index in [1.807, 2.05) is 4.90 Å². The lowest BCUT2D eigenvalue weighted by molar-refractivity contribution is -0.132. The molecule has 116 valence electrons. The van der Waals surface area contributed by atoms with Gasteiger partial charge in [0.15, 0.2) is 0 Å². The van der Waals surface area contributed by atoms with Crippen LogP contribution in [0.4, 0.5) is 4.39 Å². The molecule has 1 N–H and O–H groups in total. The molecule has 1 aliphatic heterocycles. The molecule has 21 heavy (non-hydrogen) atoms. The van der Waals surface area contributed by atoms with Crippen LogP contribution in [0.1, 0.15) is 19.4 Å². The molecule has 0 atom stereocenters. The Kier molecular flexibility index (Phi) is 4.96. The smallest absolute Gasteiger partial charge is 0.227 e. The SMILES string of the molecule is CC(C)(O)CN1CCN(C(=O)Cc2ccc(F)cc2)CC1. The number of β-amino-alcohol motifs (C(OH)–C–C–N with tert-alkyl or cyclic N) is 1. The average Bonchev–Trinajstić information content (AvgIpc) is 2.40. The fourth-order valence-corrected chi connectivity index (χ4v) is 2.59. The van der Waals surface area contributed by atoms with E-state index in [0.717, 1.165) is 18.7 Å². The standard InChI is InChI=1S/C16H23FN2O2/c1-16(2,21)12-18-7-9-19(10-8-18)15(20)11-13-3-5-14(17)6-4-13/h3-6,21H,7-12H2,1-2H3. The van der Waals surface area contributed by atoms with Crippen LogP contribution in [-0.2, 0) is 11.2 Å². The quantitative estimate of drug-likeness (QED) is 0.910. The van der Waals surface area contributed by atoms with Crippen LogP contribution >= 0.6 is 0 Å². The first-order valence-electron chi connectivity index (χ1n) is 7.30. The Hall–Kier alpha value is -1.46. The van der Waals surface area contributed by atoms with Gasteiger partial charge in [-0.25, -0.2) is 4.39 Å². The predicted molar refractivity (Wildman–Crippen MR) is 79.4 cm³/mol. The molecule has 5 heteroatoms. The number of carbonyl (C=O) groups is 1. The van der Waals surface area contributed by atoms with Crippen molar-refractivity contribution in [3.63, 3.8) is 0 Å². The molecule has 1 aliphatic rings. The Morgan fingerprint density at radius 1 is 1.19 bits per heavy atom. The Morgan fingerprint density at radius 2 is 1.76 bits per heavy atom. The summed E-state index contributed by atoms with van der Waals surface area (Å²) in [5.41, 5.74) is 0.126. The Balaban J connectivity index is 1.81. The van der Waals surface area contributed by atoms with E-state index < -0.39 is 5.60 Å². The highest BCUT2D eigenvalue weighted by molar-refractivity contribution is 5.78. The van der Waals surface area contributed by atoms with Crippen LogP contribution in [0.25, 0.3) is 0 Å². The second-order valence-corrected chi connectivity index (χ2v) is 6.27. The van der Waals surface area contributed by atoms with E-state index >= 15 is 0 Å². The van der Waals surface area contributed by atoms with Gasteiger partial charge in [0, 0.05) is 32.7 Å². The van der Waals surface area contributed by atoms with Gasteiger partial charge in [-0.05, 0) is 31.5 Å². The number of rotatable bonds is 4. The minimum Gasteiger partial charge on any atom is -0.389 e. The number of halogens is 1. The molecule has 1 amide bonds. The van der Waals surface area contributed by atoms with Gasteiger partial charge >= 0.3 is 0 Å². The summed E-state index contributed by atoms with van der Waals surface area (Å²) in [5.74, 6) is -0.212. The van der Waals surface area contributed by atoms with Crippen molar-refractivity contribution in [1.29, 1.82) is 0 Å². The molecule has 1 aromatic carbocycles. The second-order valence-electron chi connectivity index (χ2n) is 6.27. The first-order chi connectivity index (χ1) is 9.83. The van der Waals surface area contributed by atoms with Gasteiger partial charge in [0.05, 0.1) is 12.0 Å². The summed E-state index contributed by atoms with van der Waals surface area (Å²) in [6.45, 7) is 7.11. The van der Waals surface area contributed by atoms with Gasteiger partial charge in [-0.3, -0.25) is 9.69 Å². The molecule has 0 radical (unpaired) electrons. The summed E-state index contributed by atoms with van der Waals surface area (Å²) in [6.07, 6.45) is 0.311. The highest BCUT2D eigenvalue weighted by atomic mass is 19.1. The maximum Gasteiger partial charge on any atom is 0.227 e. The summed E-state index contributed by atoms with van der Waals surface area (Å²) in [7, 11) is 0. The third kappa shape index (κ3) is 5.10. The predicted octanol–water partition coefficient (Wildman–Crippen LogP) is 1.28. The maximum atomic E-state index is 12.8. The van der Waals surface area contributed by atoms with E-state index in [4.69, 9.17) is 0 Å². The van der Waals surface area contributed by atoms with Gasteiger partial charge in [0.25, 0.3) is 0 Å². The van der Waals surface area contributed by atoms with Crippen molar-refractivity contribution in [2.75, 3.05) is 32.7 Å². The van der Waals surface area contributed by atoms with Crippen LogP contribution in [-0.4, -0.2) is 59.1 Å². The molecule has 0 bridgehead atoms. The molecule has 0 aliphatic carbocycles. The van der Waals surface area contributed by atoms with Crippen LogP contribution in [0.2, 0.25) is 0 Å². The highest BCUT2D eigenvalue weighted by Crippen LogP contribution is 2.11. The molecular weight excluding hydrogens is 271 g/mol. The largest absolute Gasteiger partial charge is 0.389 e. The average molecular weight is 294 g/mol. The number of hydrogen-bond donors (Lipinski definition) is 1. The number of benzene rings is 1. The van der Waals surface area contributed by atoms with Gasteiger partial charge in [0.1, 0.15) is 5.82 Å². The van der Waals surface area contributed by atoms with Crippen molar-refractivity contribution < 1.29 is 14.3 Å². The molecule has 4 nitrogen and oxygen atoms in total. The summed E-state index contributed by atoms with van der Waals surface area (Å²) >= 11 is 0. The molecule has 1 aromatic rings. The van der Waals surface area contributed by atoms with Crippen molar-refractivity contribution in [3.8, 4) is 0 Å². The van der Waals surface area contributed by atoms with Crippen LogP contribution in [0.5, 0.6) is 0 Å². The van der Waals surface area contributed by atoms with Crippen LogP contribution in [0, 0.1) is 5.82 Å². The van der Waals surface area contributed by atoms with E-state index in [1.165, 1.54) is 12.1 Å². The first kappa shape index (κ1) is 15.9. The van der Waals surface area contributed by atoms with Gasteiger partial charge in [-0.1, -0.05) is 12.1 Å². The fourth-order valence-electron chi connectivity index (χ4n) is 2.59. The van der Waals surface area contributed by atoms with E-state index in [9.17, 15) is 14.3 Å². The molecule has 1 heterocycles. The Morgan fingerprint density at radius 3 is 2.29 bits per heavy atom. The molecule has 0 aromatic heterocycles. The van der Waals surface area contributed by atoms with Crippen molar-refractivity contribution in [3.05, 3.63) is 35.6 Å². The van der Waals surface area contributed by atoms with Crippen molar-refractivity contribution in [2.45, 2.75) is 25.9 Å². The van der Waals surface area contributed by atoms with Crippen molar-refractivity contribution >= 4 is 5.91 Å². The fraction of sp³-hybridized carbons (Fsp3) is 0.562. The van der Waals surface area contributed by atoms with E-state index in [2.05, 4.69) is 4.90 Å². The minimum absolute atomic E-state index is 0.0736. The number of amides is 1. The molecule has 0 spiro atoms. The summed E-state index contributed by atoms with van der Waals surface area (Å²) in [4.78, 5) is 16.2. The van der Waals surface area contributed by atoms with Crippen LogP contribution in [0.15, 0.2) is 24.3 Å². The molecule has 0 saturated carbocycles. The third-order valence-corrected chi connectivity index (χ3v) is 3.60. The van der Waals surface area contributed by atoms with Crippen molar-refractivity contribution in [1.82, 2.24) is 9.80 Å². The lowest BCUT2D eigenvalue weighted by Crippen LogP contribution is -2.52. The van der Waals surface area contributed by atoms with Crippen molar-refractivity contribution in [2.24, 2.45) is 0 Å². The first-order valence-corrected chi connectivity index (χ1v) is 7.30. The minimum atomic E-state index is -0.708. The number of hydrogen-bond acceptors (Lipinski definition) is 3. The van der Waals surface area contributed by atoms with Crippen LogP contribution < -0.4 is 0 Å². The summed E-state index contributed by atoms with van der Waals surface area (Å²) in [6, 6.07) is 6.06. The zero-order valence-corrected chi connectivity index (χ0v) is 12.7. The topological polar surface area (TPSA) is 43.8 Å². The summed E-state index contributed by atoms with van der Waals surface area (Å²) < 4.78 is 12.8. The Bertz CT molecular complexity index is 474. The van der Waals surface area contributed by atoms with Gasteiger partial charge in [-0.15, -0.1) is 0 Å². The molecule has 2 rings (SSSR count). The number of carbonyl (C=O) groups excluding carboxylic acids is 1. The lowest BCUT2D eigenvalue weighted by Gasteiger charge is -2.37. The third-order valence-electron chi connectivity index (χ3n) is 3.60. The lowest BCUT2D eigenvalue weighted by atomic mass is 10.1. The highest BCUT2D eigenvalue weighted by Gasteiger charge is 2.24. The van der Waals surface area contributed by atoms with E-state index in [0.29, 0.717) is 26.1 Å².